The predicted octanol–water partition coefficient (Wildman–Crippen LogP) is 0.659. The minimum absolute atomic E-state index is 0.0323. The Morgan fingerprint density at radius 3 is 2.67 bits per heavy atom. The Bertz CT molecular complexity index is 981. The molecule has 1 aromatic rings. The molecule has 3 atom stereocenters. The van der Waals surface area contributed by atoms with Crippen LogP contribution in [0, 0.1) is 0 Å². The molecule has 36 heavy (non-hydrogen) atoms. The van der Waals surface area contributed by atoms with Crippen molar-refractivity contribution in [3.63, 3.8) is 0 Å². The van der Waals surface area contributed by atoms with E-state index in [2.05, 4.69) is 17.2 Å². The average Bonchev–Trinajstić information content (AvgIpc) is 2.89. The van der Waals surface area contributed by atoms with E-state index in [1.54, 1.807) is 11.0 Å². The van der Waals surface area contributed by atoms with Crippen molar-refractivity contribution in [1.29, 1.82) is 0 Å². The lowest BCUT2D eigenvalue weighted by atomic mass is 9.98. The lowest BCUT2D eigenvalue weighted by Crippen LogP contribution is -2.67. The highest BCUT2D eigenvalue weighted by atomic mass is 16.2. The van der Waals surface area contributed by atoms with Gasteiger partial charge in [-0.15, -0.1) is 6.58 Å². The number of urea groups is 1. The van der Waals surface area contributed by atoms with E-state index in [1.165, 1.54) is 9.91 Å². The van der Waals surface area contributed by atoms with Crippen molar-refractivity contribution in [1.82, 2.24) is 30.5 Å². The van der Waals surface area contributed by atoms with Crippen molar-refractivity contribution in [3.05, 3.63) is 72.4 Å². The number of rotatable bonds is 11. The Morgan fingerprint density at radius 2 is 2.06 bits per heavy atom. The fraction of sp³-hybridized carbons (Fsp3) is 0.423. The predicted molar refractivity (Wildman–Crippen MR) is 139 cm³/mol. The number of piperazine rings is 1. The molecule has 2 unspecified atom stereocenters. The van der Waals surface area contributed by atoms with Gasteiger partial charge in [0.15, 0.2) is 0 Å². The van der Waals surface area contributed by atoms with E-state index in [0.717, 1.165) is 11.1 Å². The molecule has 0 aromatic heterocycles. The van der Waals surface area contributed by atoms with E-state index in [0.29, 0.717) is 32.6 Å². The van der Waals surface area contributed by atoms with E-state index in [9.17, 15) is 14.4 Å². The van der Waals surface area contributed by atoms with Crippen molar-refractivity contribution in [3.8, 4) is 0 Å². The maximum absolute atomic E-state index is 13.5. The molecule has 1 aliphatic carbocycles. The molecule has 0 radical (unpaired) electrons. The lowest BCUT2D eigenvalue weighted by Gasteiger charge is -2.47. The second-order valence-electron chi connectivity index (χ2n) is 8.81. The number of hydrazine groups is 1. The number of likely N-dealkylation sites (N-methyl/N-ethyl adjacent to an activating group) is 2. The topological polar surface area (TPSA) is 114 Å². The van der Waals surface area contributed by atoms with Gasteiger partial charge in [0.25, 0.3) is 0 Å². The van der Waals surface area contributed by atoms with Gasteiger partial charge >= 0.3 is 6.03 Å². The fourth-order valence-electron chi connectivity index (χ4n) is 4.45. The van der Waals surface area contributed by atoms with Gasteiger partial charge in [0, 0.05) is 38.3 Å². The third-order valence-corrected chi connectivity index (χ3v) is 6.40. The quantitative estimate of drug-likeness (QED) is 0.236. The summed E-state index contributed by atoms with van der Waals surface area (Å²) in [6.07, 6.45) is 7.54. The molecule has 0 bridgehead atoms. The van der Waals surface area contributed by atoms with Crippen LogP contribution in [0.5, 0.6) is 0 Å². The number of hydrogen-bond acceptors (Lipinski definition) is 6. The van der Waals surface area contributed by atoms with Gasteiger partial charge < -0.3 is 26.2 Å². The van der Waals surface area contributed by atoms with Crippen molar-refractivity contribution in [2.45, 2.75) is 31.7 Å². The zero-order valence-corrected chi connectivity index (χ0v) is 21.0. The van der Waals surface area contributed by atoms with Crippen LogP contribution in [0.25, 0.3) is 0 Å². The van der Waals surface area contributed by atoms with Crippen LogP contribution in [0.15, 0.2) is 66.8 Å². The summed E-state index contributed by atoms with van der Waals surface area (Å²) in [5, 5.41) is 9.45. The molecule has 4 amide bonds. The highest BCUT2D eigenvalue weighted by Gasteiger charge is 2.39. The summed E-state index contributed by atoms with van der Waals surface area (Å²) in [5.41, 5.74) is 8.10. The minimum atomic E-state index is -0.678. The summed E-state index contributed by atoms with van der Waals surface area (Å²) >= 11 is 0. The number of nitrogens with zero attached hydrogens (tertiary/aromatic N) is 4. The number of nitrogens with two attached hydrogens (primary N) is 1. The molecule has 1 aromatic carbocycles. The number of hydrogen-bond donors (Lipinski definition) is 3. The first-order chi connectivity index (χ1) is 17.4. The molecule has 10 nitrogen and oxygen atoms in total. The maximum atomic E-state index is 13.5. The van der Waals surface area contributed by atoms with Gasteiger partial charge in [0.05, 0.1) is 6.54 Å². The number of carbonyl (C=O) groups excluding carboxylic acids is 3. The van der Waals surface area contributed by atoms with Crippen LogP contribution in [0.3, 0.4) is 0 Å². The number of nitrogens with one attached hydrogen (secondary N) is 2. The average molecular weight is 496 g/mol. The molecule has 4 N–H and O–H groups in total. The summed E-state index contributed by atoms with van der Waals surface area (Å²) in [5.74, 6) is -0.187. The summed E-state index contributed by atoms with van der Waals surface area (Å²) in [6.45, 7) is 7.37. The maximum Gasteiger partial charge on any atom is 0.334 e. The van der Waals surface area contributed by atoms with Crippen LogP contribution >= 0.6 is 0 Å². The molecule has 10 heteroatoms. The first-order valence-electron chi connectivity index (χ1n) is 12.2. The second kappa shape index (κ2) is 13.0. The SMILES string of the molecule is C=CCN(CC)N(C(=O)NCc1ccccc1)[C@H]1CN(CC2=CC(N)C(NC)C=C2)C(=O)CN1C=O. The molecule has 0 spiro atoms. The molecule has 3 rings (SSSR count). The van der Waals surface area contributed by atoms with Gasteiger partial charge in [-0.25, -0.2) is 14.8 Å². The van der Waals surface area contributed by atoms with Crippen LogP contribution in [0.2, 0.25) is 0 Å². The van der Waals surface area contributed by atoms with Crippen LogP contribution < -0.4 is 16.4 Å². The monoisotopic (exact) mass is 495 g/mol. The second-order valence-corrected chi connectivity index (χ2v) is 8.81. The number of benzene rings is 1. The number of carbonyl (C=O) groups is 3. The smallest absolute Gasteiger partial charge is 0.333 e. The number of amides is 4. The van der Waals surface area contributed by atoms with E-state index < -0.39 is 6.17 Å². The summed E-state index contributed by atoms with van der Waals surface area (Å²) in [7, 11) is 1.85. The van der Waals surface area contributed by atoms with Gasteiger partial charge in [0.1, 0.15) is 12.7 Å². The van der Waals surface area contributed by atoms with E-state index in [-0.39, 0.29) is 37.1 Å². The highest BCUT2D eigenvalue weighted by molar-refractivity contribution is 5.82. The van der Waals surface area contributed by atoms with Gasteiger partial charge in [-0.1, -0.05) is 61.6 Å². The Kier molecular flexibility index (Phi) is 9.80. The van der Waals surface area contributed by atoms with Crippen molar-refractivity contribution < 1.29 is 14.4 Å². The lowest BCUT2D eigenvalue weighted by molar-refractivity contribution is -0.156. The Balaban J connectivity index is 1.82. The molecular formula is C26H37N7O3. The van der Waals surface area contributed by atoms with Gasteiger partial charge in [0.2, 0.25) is 12.3 Å². The highest BCUT2D eigenvalue weighted by Crippen LogP contribution is 2.19. The first kappa shape index (κ1) is 27.1. The minimum Gasteiger partial charge on any atom is -0.333 e. The Morgan fingerprint density at radius 1 is 1.31 bits per heavy atom. The molecule has 1 saturated heterocycles. The largest absolute Gasteiger partial charge is 0.334 e. The summed E-state index contributed by atoms with van der Waals surface area (Å²) in [6, 6.07) is 9.06. The van der Waals surface area contributed by atoms with Crippen LogP contribution in [0.1, 0.15) is 12.5 Å². The van der Waals surface area contributed by atoms with Gasteiger partial charge in [-0.3, -0.25) is 9.59 Å². The molecule has 1 aliphatic heterocycles. The standard InChI is InChI=1S/C26H37N7O3/c1-4-13-32(5-2)33(26(36)29-15-20-9-7-6-8-10-20)24-17-30(25(35)18-31(24)19-34)16-21-11-12-23(28-3)22(27)14-21/h4,6-12,14,19,22-24,28H,1,5,13,15-18,27H2,2-3H3,(H,29,36)/t22?,23?,24-/m0/s1. The van der Waals surface area contributed by atoms with Gasteiger partial charge in [-0.2, -0.15) is 0 Å². The normalized spacial score (nSPS) is 21.8. The van der Waals surface area contributed by atoms with Crippen LogP contribution in [-0.2, 0) is 16.1 Å². The van der Waals surface area contributed by atoms with E-state index in [1.807, 2.05) is 67.5 Å². The molecular weight excluding hydrogens is 458 g/mol. The zero-order chi connectivity index (χ0) is 26.1. The summed E-state index contributed by atoms with van der Waals surface area (Å²) in [4.78, 5) is 41.5. The molecule has 1 fully saturated rings. The van der Waals surface area contributed by atoms with E-state index >= 15 is 0 Å². The summed E-state index contributed by atoms with van der Waals surface area (Å²) < 4.78 is 0. The fourth-order valence-corrected chi connectivity index (χ4v) is 4.45. The van der Waals surface area contributed by atoms with Gasteiger partial charge in [-0.05, 0) is 18.2 Å². The van der Waals surface area contributed by atoms with Crippen molar-refractivity contribution in [2.24, 2.45) is 5.73 Å². The van der Waals surface area contributed by atoms with Crippen LogP contribution in [-0.4, -0.2) is 96.2 Å². The molecule has 2 aliphatic rings. The Hall–Kier alpha value is -3.47. The van der Waals surface area contributed by atoms with Crippen LogP contribution in [0.4, 0.5) is 4.79 Å². The van der Waals surface area contributed by atoms with Crippen molar-refractivity contribution in [2.75, 3.05) is 39.8 Å². The molecule has 0 saturated carbocycles. The molecule has 1 heterocycles. The first-order valence-corrected chi connectivity index (χ1v) is 12.2. The van der Waals surface area contributed by atoms with Crippen molar-refractivity contribution >= 4 is 18.3 Å². The molecule has 194 valence electrons. The third kappa shape index (κ3) is 6.60. The van der Waals surface area contributed by atoms with E-state index in [4.69, 9.17) is 5.73 Å². The zero-order valence-electron chi connectivity index (χ0n) is 21.0. The Labute approximate surface area is 213 Å². The third-order valence-electron chi connectivity index (χ3n) is 6.40.